The standard InChI is InChI=1S/C14H14N2O4/c1-19-13(17)9-12(14(18)20-2)16-11-5-3-10(4-6-11)7-8-15/h3-6,9,16H,7H2,1-2H3/b12-9+. The fourth-order valence-corrected chi connectivity index (χ4v) is 1.39. The molecule has 0 heterocycles. The topological polar surface area (TPSA) is 88.4 Å². The first kappa shape index (κ1) is 15.2. The van der Waals surface area contributed by atoms with Crippen LogP contribution in [0, 0.1) is 11.3 Å². The van der Waals surface area contributed by atoms with Crippen LogP contribution in [-0.4, -0.2) is 26.2 Å². The summed E-state index contributed by atoms with van der Waals surface area (Å²) in [5.74, 6) is -1.35. The van der Waals surface area contributed by atoms with Crippen LogP contribution in [0.25, 0.3) is 0 Å². The predicted octanol–water partition coefficient (Wildman–Crippen LogP) is 1.39. The van der Waals surface area contributed by atoms with Crippen LogP contribution < -0.4 is 5.32 Å². The number of carbonyl (C=O) groups is 2. The molecule has 6 nitrogen and oxygen atoms in total. The number of nitriles is 1. The van der Waals surface area contributed by atoms with Crippen molar-refractivity contribution in [2.24, 2.45) is 0 Å². The summed E-state index contributed by atoms with van der Waals surface area (Å²) in [6.07, 6.45) is 1.32. The van der Waals surface area contributed by atoms with Gasteiger partial charge in [0.2, 0.25) is 0 Å². The highest BCUT2D eigenvalue weighted by atomic mass is 16.5. The fraction of sp³-hybridized carbons (Fsp3) is 0.214. The van der Waals surface area contributed by atoms with E-state index in [1.807, 2.05) is 6.07 Å². The van der Waals surface area contributed by atoms with Gasteiger partial charge >= 0.3 is 11.9 Å². The highest BCUT2D eigenvalue weighted by Crippen LogP contribution is 2.13. The van der Waals surface area contributed by atoms with E-state index in [0.717, 1.165) is 11.6 Å². The maximum Gasteiger partial charge on any atom is 0.354 e. The summed E-state index contributed by atoms with van der Waals surface area (Å²) < 4.78 is 9.04. The molecule has 0 aromatic heterocycles. The van der Waals surface area contributed by atoms with E-state index in [9.17, 15) is 9.59 Å². The van der Waals surface area contributed by atoms with Crippen LogP contribution in [0.15, 0.2) is 36.0 Å². The van der Waals surface area contributed by atoms with Gasteiger partial charge < -0.3 is 14.8 Å². The highest BCUT2D eigenvalue weighted by molar-refractivity contribution is 5.98. The summed E-state index contributed by atoms with van der Waals surface area (Å²) in [4.78, 5) is 22.7. The number of carbonyl (C=O) groups excluding carboxylic acids is 2. The van der Waals surface area contributed by atoms with Gasteiger partial charge in [0, 0.05) is 5.69 Å². The van der Waals surface area contributed by atoms with E-state index in [1.165, 1.54) is 14.2 Å². The lowest BCUT2D eigenvalue weighted by molar-refractivity contribution is -0.138. The zero-order chi connectivity index (χ0) is 15.0. The molecule has 0 saturated carbocycles. The Morgan fingerprint density at radius 3 is 2.40 bits per heavy atom. The lowest BCUT2D eigenvalue weighted by atomic mass is 10.1. The molecule has 0 fully saturated rings. The van der Waals surface area contributed by atoms with E-state index in [4.69, 9.17) is 5.26 Å². The van der Waals surface area contributed by atoms with Gasteiger partial charge in [0.25, 0.3) is 0 Å². The molecule has 20 heavy (non-hydrogen) atoms. The van der Waals surface area contributed by atoms with Crippen LogP contribution in [0.2, 0.25) is 0 Å². The Morgan fingerprint density at radius 2 is 1.90 bits per heavy atom. The molecule has 0 atom stereocenters. The normalized spacial score (nSPS) is 10.3. The first-order valence-electron chi connectivity index (χ1n) is 5.71. The van der Waals surface area contributed by atoms with Gasteiger partial charge in [0.1, 0.15) is 5.70 Å². The number of hydrogen-bond acceptors (Lipinski definition) is 6. The number of benzene rings is 1. The number of rotatable bonds is 5. The van der Waals surface area contributed by atoms with Gasteiger partial charge in [-0.3, -0.25) is 0 Å². The maximum atomic E-state index is 11.5. The second-order valence-electron chi connectivity index (χ2n) is 3.73. The second-order valence-corrected chi connectivity index (χ2v) is 3.73. The molecule has 1 N–H and O–H groups in total. The minimum atomic E-state index is -0.684. The number of hydrogen-bond donors (Lipinski definition) is 1. The molecule has 104 valence electrons. The fourth-order valence-electron chi connectivity index (χ4n) is 1.39. The van der Waals surface area contributed by atoms with Gasteiger partial charge in [0.15, 0.2) is 0 Å². The minimum Gasteiger partial charge on any atom is -0.466 e. The number of ether oxygens (including phenoxy) is 2. The molecule has 0 spiro atoms. The van der Waals surface area contributed by atoms with Gasteiger partial charge in [-0.2, -0.15) is 5.26 Å². The molecule has 1 aromatic carbocycles. The van der Waals surface area contributed by atoms with Crippen molar-refractivity contribution in [2.45, 2.75) is 6.42 Å². The third kappa shape index (κ3) is 4.46. The lowest BCUT2D eigenvalue weighted by Crippen LogP contribution is -2.15. The summed E-state index contributed by atoms with van der Waals surface area (Å²) in [7, 11) is 2.43. The molecule has 6 heteroatoms. The Balaban J connectivity index is 2.90. The SMILES string of the molecule is COC(=O)/C=C(/Nc1ccc(CC#N)cc1)C(=O)OC. The molecule has 0 aliphatic heterocycles. The van der Waals surface area contributed by atoms with E-state index >= 15 is 0 Å². The monoisotopic (exact) mass is 274 g/mol. The molecule has 0 unspecified atom stereocenters. The second kappa shape index (κ2) is 7.59. The van der Waals surface area contributed by atoms with E-state index < -0.39 is 11.9 Å². The molecular weight excluding hydrogens is 260 g/mol. The van der Waals surface area contributed by atoms with Gasteiger partial charge in [-0.15, -0.1) is 0 Å². The van der Waals surface area contributed by atoms with E-state index in [-0.39, 0.29) is 5.70 Å². The van der Waals surface area contributed by atoms with Crippen molar-refractivity contribution in [2.75, 3.05) is 19.5 Å². The molecule has 0 aliphatic carbocycles. The van der Waals surface area contributed by atoms with Crippen LogP contribution in [0.4, 0.5) is 5.69 Å². The Labute approximate surface area is 116 Å². The number of methoxy groups -OCH3 is 2. The van der Waals surface area contributed by atoms with E-state index in [1.54, 1.807) is 24.3 Å². The number of nitrogens with one attached hydrogen (secondary N) is 1. The Bertz CT molecular complexity index is 556. The van der Waals surface area contributed by atoms with Crippen LogP contribution >= 0.6 is 0 Å². The van der Waals surface area contributed by atoms with Gasteiger partial charge in [-0.05, 0) is 17.7 Å². The third-order valence-electron chi connectivity index (χ3n) is 2.38. The third-order valence-corrected chi connectivity index (χ3v) is 2.38. The first-order valence-corrected chi connectivity index (χ1v) is 5.71. The van der Waals surface area contributed by atoms with Gasteiger partial charge in [-0.25, -0.2) is 9.59 Å². The molecule has 0 radical (unpaired) electrons. The van der Waals surface area contributed by atoms with Crippen LogP contribution in [0.3, 0.4) is 0 Å². The molecular formula is C14H14N2O4. The summed E-state index contributed by atoms with van der Waals surface area (Å²) in [6, 6.07) is 8.93. The lowest BCUT2D eigenvalue weighted by Gasteiger charge is -2.09. The summed E-state index contributed by atoms with van der Waals surface area (Å²) >= 11 is 0. The van der Waals surface area contributed by atoms with E-state index in [2.05, 4.69) is 14.8 Å². The predicted molar refractivity (Wildman–Crippen MR) is 71.5 cm³/mol. The van der Waals surface area contributed by atoms with Crippen molar-refractivity contribution in [1.82, 2.24) is 0 Å². The van der Waals surface area contributed by atoms with Crippen LogP contribution in [0.1, 0.15) is 5.56 Å². The molecule has 0 aliphatic rings. The van der Waals surface area contributed by atoms with Gasteiger partial charge in [-0.1, -0.05) is 12.1 Å². The molecule has 0 amide bonds. The summed E-state index contributed by atoms with van der Waals surface area (Å²) in [6.45, 7) is 0. The zero-order valence-corrected chi connectivity index (χ0v) is 11.2. The molecule has 0 saturated heterocycles. The van der Waals surface area contributed by atoms with Crippen molar-refractivity contribution in [3.05, 3.63) is 41.6 Å². The number of esters is 2. The number of anilines is 1. The van der Waals surface area contributed by atoms with Crippen molar-refractivity contribution in [1.29, 1.82) is 5.26 Å². The maximum absolute atomic E-state index is 11.5. The Morgan fingerprint density at radius 1 is 1.25 bits per heavy atom. The van der Waals surface area contributed by atoms with Crippen molar-refractivity contribution < 1.29 is 19.1 Å². The Kier molecular flexibility index (Phi) is 5.78. The van der Waals surface area contributed by atoms with Crippen molar-refractivity contribution in [3.8, 4) is 6.07 Å². The smallest absolute Gasteiger partial charge is 0.354 e. The quantitative estimate of drug-likeness (QED) is 0.645. The Hall–Kier alpha value is -2.81. The molecule has 1 aromatic rings. The molecule has 0 bridgehead atoms. The van der Waals surface area contributed by atoms with Gasteiger partial charge in [0.05, 0.1) is 32.8 Å². The first-order chi connectivity index (χ1) is 9.60. The van der Waals surface area contributed by atoms with Crippen LogP contribution in [0.5, 0.6) is 0 Å². The minimum absolute atomic E-state index is 0.0348. The van der Waals surface area contributed by atoms with Crippen molar-refractivity contribution >= 4 is 17.6 Å². The summed E-state index contributed by atoms with van der Waals surface area (Å²) in [5.41, 5.74) is 1.41. The highest BCUT2D eigenvalue weighted by Gasteiger charge is 2.12. The average molecular weight is 274 g/mol. The van der Waals surface area contributed by atoms with Crippen LogP contribution in [-0.2, 0) is 25.5 Å². The van der Waals surface area contributed by atoms with Crippen molar-refractivity contribution in [3.63, 3.8) is 0 Å². The van der Waals surface area contributed by atoms with E-state index in [0.29, 0.717) is 12.1 Å². The average Bonchev–Trinajstić information content (AvgIpc) is 2.47. The number of nitrogens with zero attached hydrogens (tertiary/aromatic N) is 1. The largest absolute Gasteiger partial charge is 0.466 e. The summed E-state index contributed by atoms with van der Waals surface area (Å²) in [5, 5.41) is 11.3. The molecule has 1 rings (SSSR count). The zero-order valence-electron chi connectivity index (χ0n) is 11.2.